The van der Waals surface area contributed by atoms with E-state index in [-0.39, 0.29) is 25.2 Å². The van der Waals surface area contributed by atoms with Crippen molar-refractivity contribution in [2.24, 2.45) is 0 Å². The lowest BCUT2D eigenvalue weighted by molar-refractivity contribution is -0.139. The van der Waals surface area contributed by atoms with Crippen LogP contribution in [0.4, 0.5) is 0 Å². The minimum Gasteiger partial charge on any atom is -0.497 e. The first kappa shape index (κ1) is 28.3. The average molecular weight is 537 g/mol. The molecule has 3 aliphatic heterocycles. The molecule has 1 amide bonds. The maximum atomic E-state index is 13.7. The highest BCUT2D eigenvalue weighted by molar-refractivity contribution is 7.89. The van der Waals surface area contributed by atoms with Crippen LogP contribution < -0.4 is 4.74 Å². The molecule has 9 nitrogen and oxygen atoms in total. The number of nitrogens with zero attached hydrogens (tertiary/aromatic N) is 4. The Labute approximate surface area is 222 Å². The number of likely N-dealkylation sites (tertiary alicyclic amines) is 1. The van der Waals surface area contributed by atoms with Crippen molar-refractivity contribution in [3.8, 4) is 5.75 Å². The molecule has 0 aliphatic carbocycles. The number of ether oxygens (including phenoxy) is 2. The topological polar surface area (TPSA) is 82.6 Å². The number of methoxy groups -OCH3 is 1. The van der Waals surface area contributed by atoms with Crippen LogP contribution in [0.1, 0.15) is 49.7 Å². The molecule has 3 saturated heterocycles. The molecule has 4 rings (SSSR count). The molecule has 0 radical (unpaired) electrons. The third-order valence-electron chi connectivity index (χ3n) is 8.17. The predicted octanol–water partition coefficient (Wildman–Crippen LogP) is 2.46. The Morgan fingerprint density at radius 2 is 1.59 bits per heavy atom. The summed E-state index contributed by atoms with van der Waals surface area (Å²) in [5.41, 5.74) is 1.35. The Morgan fingerprint density at radius 3 is 2.24 bits per heavy atom. The first-order valence-electron chi connectivity index (χ1n) is 13.7. The summed E-state index contributed by atoms with van der Waals surface area (Å²) in [5.74, 6) is 0.640. The quantitative estimate of drug-likeness (QED) is 0.505. The van der Waals surface area contributed by atoms with Gasteiger partial charge in [0.1, 0.15) is 12.4 Å². The van der Waals surface area contributed by atoms with E-state index in [1.165, 1.54) is 19.3 Å². The van der Waals surface area contributed by atoms with Gasteiger partial charge in [0.15, 0.2) is 0 Å². The summed E-state index contributed by atoms with van der Waals surface area (Å²) >= 11 is 0. The van der Waals surface area contributed by atoms with Crippen LogP contribution in [0.25, 0.3) is 0 Å². The Hall–Kier alpha value is -1.72. The second-order valence-electron chi connectivity index (χ2n) is 10.7. The molecule has 0 bridgehead atoms. The number of piperidine rings is 2. The van der Waals surface area contributed by atoms with Gasteiger partial charge in [0.25, 0.3) is 0 Å². The lowest BCUT2D eigenvalue weighted by atomic mass is 10.1. The zero-order valence-electron chi connectivity index (χ0n) is 22.9. The summed E-state index contributed by atoms with van der Waals surface area (Å²) in [4.78, 5) is 20.0. The molecular formula is C27H44N4O5S. The van der Waals surface area contributed by atoms with Crippen molar-refractivity contribution in [3.63, 3.8) is 0 Å². The zero-order chi connectivity index (χ0) is 26.6. The molecule has 10 heteroatoms. The number of rotatable bonds is 8. The van der Waals surface area contributed by atoms with Crippen LogP contribution in [0.5, 0.6) is 5.75 Å². The molecule has 2 unspecified atom stereocenters. The van der Waals surface area contributed by atoms with Crippen molar-refractivity contribution >= 4 is 15.9 Å². The lowest BCUT2D eigenvalue weighted by Gasteiger charge is -2.44. The summed E-state index contributed by atoms with van der Waals surface area (Å²) in [5, 5.41) is 0. The van der Waals surface area contributed by atoms with Gasteiger partial charge in [0, 0.05) is 38.8 Å². The number of piperazine rings is 1. The number of amides is 1. The van der Waals surface area contributed by atoms with Gasteiger partial charge in [-0.1, -0.05) is 6.42 Å². The molecule has 37 heavy (non-hydrogen) atoms. The van der Waals surface area contributed by atoms with Gasteiger partial charge in [0.2, 0.25) is 15.9 Å². The highest BCUT2D eigenvalue weighted by Gasteiger charge is 2.36. The van der Waals surface area contributed by atoms with Crippen LogP contribution in [-0.2, 0) is 19.6 Å². The van der Waals surface area contributed by atoms with Gasteiger partial charge in [-0.3, -0.25) is 14.6 Å². The Morgan fingerprint density at radius 1 is 0.946 bits per heavy atom. The third-order valence-corrected chi connectivity index (χ3v) is 10.4. The molecule has 3 heterocycles. The second kappa shape index (κ2) is 12.4. The number of hydrogen-bond donors (Lipinski definition) is 0. The van der Waals surface area contributed by atoms with Gasteiger partial charge in [-0.25, -0.2) is 8.42 Å². The van der Waals surface area contributed by atoms with Gasteiger partial charge in [0.05, 0.1) is 24.8 Å². The van der Waals surface area contributed by atoms with Gasteiger partial charge >= 0.3 is 0 Å². The zero-order valence-corrected chi connectivity index (χ0v) is 23.8. The fourth-order valence-electron chi connectivity index (χ4n) is 6.17. The number of benzene rings is 1. The summed E-state index contributed by atoms with van der Waals surface area (Å²) in [6.45, 7) is 8.65. The molecular weight excluding hydrogens is 492 g/mol. The van der Waals surface area contributed by atoms with Gasteiger partial charge in [-0.05, 0) is 82.8 Å². The molecule has 0 spiro atoms. The van der Waals surface area contributed by atoms with E-state index in [1.807, 2.05) is 18.7 Å². The van der Waals surface area contributed by atoms with Crippen LogP contribution in [-0.4, -0.2) is 112 Å². The molecule has 0 aromatic heterocycles. The minimum atomic E-state index is -3.70. The fraction of sp³-hybridized carbons (Fsp3) is 0.741. The number of carbonyl (C=O) groups is 1. The maximum absolute atomic E-state index is 13.7. The molecule has 2 atom stereocenters. The second-order valence-corrected chi connectivity index (χ2v) is 12.6. The van der Waals surface area contributed by atoms with Crippen molar-refractivity contribution < 1.29 is 22.7 Å². The van der Waals surface area contributed by atoms with Gasteiger partial charge in [-0.15, -0.1) is 0 Å². The number of aryl methyl sites for hydroxylation is 2. The van der Waals surface area contributed by atoms with E-state index in [9.17, 15) is 13.2 Å². The highest BCUT2D eigenvalue weighted by atomic mass is 32.2. The summed E-state index contributed by atoms with van der Waals surface area (Å²) in [6.07, 6.45) is 6.73. The largest absolute Gasteiger partial charge is 0.497 e. The smallest absolute Gasteiger partial charge is 0.248 e. The summed E-state index contributed by atoms with van der Waals surface area (Å²) in [7, 11) is 0.0788. The van der Waals surface area contributed by atoms with E-state index >= 15 is 0 Å². The Kier molecular flexibility index (Phi) is 9.50. The van der Waals surface area contributed by atoms with E-state index in [2.05, 4.69) is 16.8 Å². The number of hydrogen-bond acceptors (Lipinski definition) is 7. The van der Waals surface area contributed by atoms with E-state index in [0.717, 1.165) is 38.9 Å². The summed E-state index contributed by atoms with van der Waals surface area (Å²) in [6, 6.07) is 3.26. The predicted molar refractivity (Wildman–Crippen MR) is 143 cm³/mol. The van der Waals surface area contributed by atoms with Crippen molar-refractivity contribution in [1.29, 1.82) is 0 Å². The van der Waals surface area contributed by atoms with Crippen LogP contribution >= 0.6 is 0 Å². The first-order chi connectivity index (χ1) is 17.7. The monoisotopic (exact) mass is 536 g/mol. The average Bonchev–Trinajstić information content (AvgIpc) is 2.88. The van der Waals surface area contributed by atoms with E-state index in [4.69, 9.17) is 9.47 Å². The van der Waals surface area contributed by atoms with Crippen molar-refractivity contribution in [2.45, 2.75) is 69.5 Å². The molecule has 208 valence electrons. The molecule has 3 fully saturated rings. The molecule has 3 aliphatic rings. The van der Waals surface area contributed by atoms with Crippen LogP contribution in [0.15, 0.2) is 17.0 Å². The third kappa shape index (κ3) is 6.47. The molecule has 1 aromatic carbocycles. The van der Waals surface area contributed by atoms with Crippen molar-refractivity contribution in [1.82, 2.24) is 19.0 Å². The molecule has 1 aromatic rings. The maximum Gasteiger partial charge on any atom is 0.248 e. The standard InChI is InChI=1S/C27H44N4O5S/c1-21-17-24(35-4)18-22(2)27(21)37(33,34)31-12-8-5-9-23(31)19-36-20-26(32)30-15-13-29(14-16-30)25-10-6-7-11-28(25)3/h17-18,23,25H,5-16,19-20H2,1-4H3. The Bertz CT molecular complexity index is 1020. The van der Waals surface area contributed by atoms with Crippen molar-refractivity contribution in [2.75, 3.05) is 66.6 Å². The van der Waals surface area contributed by atoms with Gasteiger partial charge in [-0.2, -0.15) is 4.31 Å². The van der Waals surface area contributed by atoms with Crippen LogP contribution in [0.3, 0.4) is 0 Å². The fourth-order valence-corrected chi connectivity index (χ4v) is 8.27. The van der Waals surface area contributed by atoms with Crippen LogP contribution in [0.2, 0.25) is 0 Å². The van der Waals surface area contributed by atoms with Gasteiger partial charge < -0.3 is 14.4 Å². The number of sulfonamides is 1. The normalized spacial score (nSPS) is 24.8. The van der Waals surface area contributed by atoms with E-state index in [0.29, 0.717) is 47.6 Å². The lowest BCUT2D eigenvalue weighted by Crippen LogP contribution is -2.57. The minimum absolute atomic E-state index is 0.00564. The SMILES string of the molecule is COc1cc(C)c(S(=O)(=O)N2CCCCC2COCC(=O)N2CCN(C3CCCCN3C)CC2)c(C)c1. The van der Waals surface area contributed by atoms with E-state index < -0.39 is 10.0 Å². The van der Waals surface area contributed by atoms with Crippen LogP contribution in [0, 0.1) is 13.8 Å². The molecule has 0 saturated carbocycles. The molecule has 0 N–H and O–H groups in total. The highest BCUT2D eigenvalue weighted by Crippen LogP contribution is 2.32. The van der Waals surface area contributed by atoms with E-state index in [1.54, 1.807) is 23.5 Å². The van der Waals surface area contributed by atoms with Crippen molar-refractivity contribution in [3.05, 3.63) is 23.3 Å². The summed E-state index contributed by atoms with van der Waals surface area (Å²) < 4.78 is 40.2. The number of carbonyl (C=O) groups excluding carboxylic acids is 1. The first-order valence-corrected chi connectivity index (χ1v) is 15.1. The Balaban J connectivity index is 1.31.